The minimum absolute atomic E-state index is 1.09. The number of anilines is 3. The molecule has 10 aromatic carbocycles. The summed E-state index contributed by atoms with van der Waals surface area (Å²) in [4.78, 5) is 2.46. The van der Waals surface area contributed by atoms with E-state index < -0.39 is 0 Å². The van der Waals surface area contributed by atoms with Crippen LogP contribution in [0.3, 0.4) is 0 Å². The van der Waals surface area contributed by atoms with E-state index in [2.05, 4.69) is 253 Å². The molecular weight excluding hydrogens is 737 g/mol. The summed E-state index contributed by atoms with van der Waals surface area (Å²) >= 11 is 0. The van der Waals surface area contributed by atoms with E-state index in [1.54, 1.807) is 0 Å². The molecule has 0 amide bonds. The molecule has 2 nitrogen and oxygen atoms in total. The van der Waals surface area contributed by atoms with E-state index >= 15 is 0 Å². The van der Waals surface area contributed by atoms with Crippen molar-refractivity contribution in [3.05, 3.63) is 242 Å². The smallest absolute Gasteiger partial charge is 0.0562 e. The number of aromatic nitrogens is 1. The Bertz CT molecular complexity index is 3340. The van der Waals surface area contributed by atoms with Gasteiger partial charge in [-0.3, -0.25) is 0 Å². The van der Waals surface area contributed by atoms with E-state index in [1.807, 2.05) is 0 Å². The summed E-state index contributed by atoms with van der Waals surface area (Å²) in [6, 6.07) is 86.2. The highest BCUT2D eigenvalue weighted by atomic mass is 15.2. The van der Waals surface area contributed by atoms with E-state index in [0.29, 0.717) is 0 Å². The quantitative estimate of drug-likeness (QED) is 0.149. The molecule has 0 spiro atoms. The van der Waals surface area contributed by atoms with Crippen molar-refractivity contribution in [2.45, 2.75) is 6.92 Å². The molecule has 0 saturated carbocycles. The van der Waals surface area contributed by atoms with Crippen molar-refractivity contribution in [1.29, 1.82) is 0 Å². The van der Waals surface area contributed by atoms with E-state index in [9.17, 15) is 0 Å². The first kappa shape index (κ1) is 36.2. The average Bonchev–Trinajstić information content (AvgIpc) is 3.67. The van der Waals surface area contributed by atoms with Crippen molar-refractivity contribution in [3.63, 3.8) is 0 Å². The van der Waals surface area contributed by atoms with Crippen molar-refractivity contribution in [1.82, 2.24) is 4.57 Å². The van der Waals surface area contributed by atoms with Gasteiger partial charge in [-0.2, -0.15) is 0 Å². The number of nitrogens with zero attached hydrogens (tertiary/aromatic N) is 2. The Hall–Kier alpha value is -7.94. The van der Waals surface area contributed by atoms with Crippen molar-refractivity contribution in [3.8, 4) is 50.2 Å². The second-order valence-corrected chi connectivity index (χ2v) is 15.8. The van der Waals surface area contributed by atoms with Gasteiger partial charge < -0.3 is 9.47 Å². The fourth-order valence-corrected chi connectivity index (χ4v) is 9.06. The van der Waals surface area contributed by atoms with Crippen LogP contribution in [0.25, 0.3) is 82.8 Å². The average molecular weight is 779 g/mol. The minimum atomic E-state index is 1.09. The van der Waals surface area contributed by atoms with Crippen LogP contribution in [0.4, 0.5) is 17.1 Å². The van der Waals surface area contributed by atoms with Crippen LogP contribution in [-0.4, -0.2) is 4.57 Å². The van der Waals surface area contributed by atoms with Gasteiger partial charge >= 0.3 is 0 Å². The van der Waals surface area contributed by atoms with Crippen LogP contribution in [0, 0.1) is 6.92 Å². The Balaban J connectivity index is 1.18. The standard InChI is InChI=1S/C59H42N2/c1-41-27-29-45(30-28-41)48-35-38-56(53(40-48)49-32-31-43-17-8-9-20-47(43)39-49)61-55-24-13-11-22-52(55)59-57(25-14-26-58(59)61)60(50-36-33-44(34-37-50)42-15-4-2-5-16-42)54-23-12-10-21-51(54)46-18-6-3-7-19-46/h2-40H,1H3. The molecule has 0 aliphatic heterocycles. The molecule has 0 unspecified atom stereocenters. The van der Waals surface area contributed by atoms with Crippen LogP contribution in [0.5, 0.6) is 0 Å². The number of benzene rings is 10. The molecule has 1 heterocycles. The van der Waals surface area contributed by atoms with E-state index in [1.165, 1.54) is 71.6 Å². The molecule has 0 bridgehead atoms. The molecule has 0 atom stereocenters. The van der Waals surface area contributed by atoms with Crippen LogP contribution in [0.15, 0.2) is 237 Å². The number of hydrogen-bond acceptors (Lipinski definition) is 1. The maximum atomic E-state index is 2.48. The van der Waals surface area contributed by atoms with Crippen LogP contribution in [0.2, 0.25) is 0 Å². The summed E-state index contributed by atoms with van der Waals surface area (Å²) in [7, 11) is 0. The third-order valence-corrected chi connectivity index (χ3v) is 12.1. The second-order valence-electron chi connectivity index (χ2n) is 15.8. The Labute approximate surface area is 356 Å². The monoisotopic (exact) mass is 778 g/mol. The molecule has 0 N–H and O–H groups in total. The topological polar surface area (TPSA) is 8.17 Å². The predicted octanol–water partition coefficient (Wildman–Crippen LogP) is 16.4. The molecule has 0 aliphatic rings. The van der Waals surface area contributed by atoms with Crippen molar-refractivity contribution >= 4 is 49.6 Å². The summed E-state index contributed by atoms with van der Waals surface area (Å²) in [5.74, 6) is 0. The predicted molar refractivity (Wildman–Crippen MR) is 259 cm³/mol. The first-order chi connectivity index (χ1) is 30.2. The molecule has 0 saturated heterocycles. The van der Waals surface area contributed by atoms with Crippen LogP contribution >= 0.6 is 0 Å². The van der Waals surface area contributed by atoms with Crippen LogP contribution in [-0.2, 0) is 0 Å². The Morgan fingerprint density at radius 1 is 0.344 bits per heavy atom. The van der Waals surface area contributed by atoms with E-state index in [0.717, 1.165) is 33.8 Å². The van der Waals surface area contributed by atoms with E-state index in [4.69, 9.17) is 0 Å². The van der Waals surface area contributed by atoms with Gasteiger partial charge in [0.2, 0.25) is 0 Å². The second kappa shape index (κ2) is 15.3. The molecule has 2 heteroatoms. The number of para-hydroxylation sites is 2. The van der Waals surface area contributed by atoms with Gasteiger partial charge in [-0.15, -0.1) is 0 Å². The molecule has 0 fully saturated rings. The normalized spacial score (nSPS) is 11.4. The molecule has 1 aromatic heterocycles. The highest BCUT2D eigenvalue weighted by Crippen LogP contribution is 2.47. The lowest BCUT2D eigenvalue weighted by Gasteiger charge is -2.29. The molecule has 11 rings (SSSR count). The lowest BCUT2D eigenvalue weighted by molar-refractivity contribution is 1.18. The van der Waals surface area contributed by atoms with Gasteiger partial charge in [0.1, 0.15) is 0 Å². The Morgan fingerprint density at radius 3 is 1.72 bits per heavy atom. The Morgan fingerprint density at radius 2 is 0.918 bits per heavy atom. The van der Waals surface area contributed by atoms with Crippen LogP contribution in [0.1, 0.15) is 5.56 Å². The van der Waals surface area contributed by atoms with Gasteiger partial charge in [0, 0.05) is 27.6 Å². The molecule has 11 aromatic rings. The fourth-order valence-electron chi connectivity index (χ4n) is 9.06. The lowest BCUT2D eigenvalue weighted by atomic mass is 9.95. The lowest BCUT2D eigenvalue weighted by Crippen LogP contribution is -2.11. The third kappa shape index (κ3) is 6.56. The minimum Gasteiger partial charge on any atom is -0.309 e. The number of rotatable bonds is 8. The molecule has 0 radical (unpaired) electrons. The van der Waals surface area contributed by atoms with Crippen LogP contribution < -0.4 is 4.90 Å². The highest BCUT2D eigenvalue weighted by Gasteiger charge is 2.24. The largest absolute Gasteiger partial charge is 0.309 e. The highest BCUT2D eigenvalue weighted by molar-refractivity contribution is 6.17. The number of fused-ring (bicyclic) bond motifs is 4. The summed E-state index contributed by atoms with van der Waals surface area (Å²) in [6.07, 6.45) is 0. The zero-order valence-corrected chi connectivity index (χ0v) is 33.9. The SMILES string of the molecule is Cc1ccc(-c2ccc(-n3c4ccccc4c4c(N(c5ccc(-c6ccccc6)cc5)c5ccccc5-c5ccccc5)cccc43)c(-c3ccc4ccccc4c3)c2)cc1. The summed E-state index contributed by atoms with van der Waals surface area (Å²) in [6.45, 7) is 2.14. The summed E-state index contributed by atoms with van der Waals surface area (Å²) < 4.78 is 2.48. The van der Waals surface area contributed by atoms with Gasteiger partial charge in [0.05, 0.1) is 28.1 Å². The van der Waals surface area contributed by atoms with Gasteiger partial charge in [0.25, 0.3) is 0 Å². The van der Waals surface area contributed by atoms with Crippen molar-refractivity contribution < 1.29 is 0 Å². The molecule has 61 heavy (non-hydrogen) atoms. The van der Waals surface area contributed by atoms with Gasteiger partial charge in [-0.1, -0.05) is 188 Å². The van der Waals surface area contributed by atoms with Crippen molar-refractivity contribution in [2.75, 3.05) is 4.90 Å². The van der Waals surface area contributed by atoms with Crippen molar-refractivity contribution in [2.24, 2.45) is 0 Å². The van der Waals surface area contributed by atoms with Gasteiger partial charge in [0.15, 0.2) is 0 Å². The van der Waals surface area contributed by atoms with Gasteiger partial charge in [-0.25, -0.2) is 0 Å². The number of hydrogen-bond donors (Lipinski definition) is 0. The first-order valence-corrected chi connectivity index (χ1v) is 21.0. The molecule has 288 valence electrons. The number of aryl methyl sites for hydroxylation is 1. The summed E-state index contributed by atoms with van der Waals surface area (Å²) in [5.41, 5.74) is 17.5. The zero-order valence-electron chi connectivity index (χ0n) is 33.9. The fraction of sp³-hybridized carbons (Fsp3) is 0.0169. The van der Waals surface area contributed by atoms with E-state index in [-0.39, 0.29) is 0 Å². The molecule has 0 aliphatic carbocycles. The Kier molecular flexibility index (Phi) is 9.09. The maximum Gasteiger partial charge on any atom is 0.0562 e. The maximum absolute atomic E-state index is 2.48. The molecular formula is C59H42N2. The third-order valence-electron chi connectivity index (χ3n) is 12.1. The zero-order chi connectivity index (χ0) is 40.7. The first-order valence-electron chi connectivity index (χ1n) is 21.0. The van der Waals surface area contributed by atoms with Gasteiger partial charge in [-0.05, 0) is 106 Å². The summed E-state index contributed by atoms with van der Waals surface area (Å²) in [5, 5.41) is 4.85.